The van der Waals surface area contributed by atoms with Crippen LogP contribution in [0.4, 0.5) is 5.82 Å². The van der Waals surface area contributed by atoms with E-state index in [2.05, 4.69) is 47.9 Å². The van der Waals surface area contributed by atoms with Crippen molar-refractivity contribution in [1.29, 1.82) is 0 Å². The van der Waals surface area contributed by atoms with Gasteiger partial charge in [0, 0.05) is 19.3 Å². The fourth-order valence-corrected chi connectivity index (χ4v) is 2.77. The smallest absolute Gasteiger partial charge is 0.163 e. The lowest BCUT2D eigenvalue weighted by atomic mass is 10.2. The summed E-state index contributed by atoms with van der Waals surface area (Å²) in [4.78, 5) is 10.5. The van der Waals surface area contributed by atoms with Gasteiger partial charge in [-0.2, -0.15) is 0 Å². The average Bonchev–Trinajstić information content (AvgIpc) is 2.96. The van der Waals surface area contributed by atoms with Crippen molar-refractivity contribution in [3.8, 4) is 0 Å². The van der Waals surface area contributed by atoms with Crippen molar-refractivity contribution in [2.45, 2.75) is 19.6 Å². The average molecular weight is 339 g/mol. The number of hydrogen-bond donors (Lipinski definition) is 0. The second-order valence-electron chi connectivity index (χ2n) is 4.47. The molecule has 0 bridgehead atoms. The molecule has 106 valence electrons. The summed E-state index contributed by atoms with van der Waals surface area (Å²) in [5, 5.41) is 8.14. The third-order valence-electron chi connectivity index (χ3n) is 3.29. The summed E-state index contributed by atoms with van der Waals surface area (Å²) >= 11 is 3.49. The first-order valence-electron chi connectivity index (χ1n) is 6.49. The number of halogens is 1. The third kappa shape index (κ3) is 2.53. The molecule has 3 rings (SSSR count). The molecule has 0 N–H and O–H groups in total. The minimum Gasteiger partial charge on any atom is -0.366 e. The molecule has 2 aromatic heterocycles. The van der Waals surface area contributed by atoms with Crippen LogP contribution in [-0.2, 0) is 11.3 Å². The molecule has 1 aliphatic rings. The van der Waals surface area contributed by atoms with E-state index < -0.39 is 0 Å². The van der Waals surface area contributed by atoms with Crippen LogP contribution in [0.15, 0.2) is 23.3 Å². The van der Waals surface area contributed by atoms with E-state index in [4.69, 9.17) is 4.74 Å². The molecule has 0 aromatic carbocycles. The van der Waals surface area contributed by atoms with Crippen LogP contribution in [-0.4, -0.2) is 44.4 Å². The predicted molar refractivity (Wildman–Crippen MR) is 76.3 cm³/mol. The van der Waals surface area contributed by atoms with Crippen LogP contribution >= 0.6 is 15.9 Å². The second-order valence-corrected chi connectivity index (χ2v) is 5.33. The van der Waals surface area contributed by atoms with E-state index >= 15 is 0 Å². The summed E-state index contributed by atoms with van der Waals surface area (Å²) in [6, 6.07) is 0. The Bertz CT molecular complexity index is 589. The Labute approximate surface area is 125 Å². The predicted octanol–water partition coefficient (Wildman–Crippen LogP) is 1.43. The van der Waals surface area contributed by atoms with Gasteiger partial charge in [-0.25, -0.2) is 9.97 Å². The summed E-state index contributed by atoms with van der Waals surface area (Å²) in [7, 11) is 0. The summed E-state index contributed by atoms with van der Waals surface area (Å²) in [6.07, 6.45) is 4.95. The zero-order valence-corrected chi connectivity index (χ0v) is 12.7. The van der Waals surface area contributed by atoms with Crippen molar-refractivity contribution < 1.29 is 4.74 Å². The highest BCUT2D eigenvalue weighted by Gasteiger charge is 2.27. The van der Waals surface area contributed by atoms with Gasteiger partial charge >= 0.3 is 0 Å². The molecule has 3 heterocycles. The summed E-state index contributed by atoms with van der Waals surface area (Å²) in [5.74, 6) is 1.75. The Morgan fingerprint density at radius 2 is 2.40 bits per heavy atom. The van der Waals surface area contributed by atoms with Crippen molar-refractivity contribution in [3.63, 3.8) is 0 Å². The Kier molecular flexibility index (Phi) is 3.93. The van der Waals surface area contributed by atoms with Gasteiger partial charge in [-0.1, -0.05) is 0 Å². The van der Waals surface area contributed by atoms with E-state index in [1.54, 1.807) is 18.9 Å². The van der Waals surface area contributed by atoms with E-state index in [9.17, 15) is 0 Å². The topological polar surface area (TPSA) is 69.0 Å². The summed E-state index contributed by atoms with van der Waals surface area (Å²) in [6.45, 7) is 5.03. The molecule has 0 radical (unpaired) electrons. The van der Waals surface area contributed by atoms with Gasteiger partial charge in [-0.3, -0.25) is 0 Å². The zero-order chi connectivity index (χ0) is 13.9. The summed E-state index contributed by atoms with van der Waals surface area (Å²) < 4.78 is 8.72. The molecular weight excluding hydrogens is 324 g/mol. The van der Waals surface area contributed by atoms with Crippen molar-refractivity contribution in [3.05, 3.63) is 29.1 Å². The number of nitrogens with zero attached hydrogens (tertiary/aromatic N) is 6. The maximum absolute atomic E-state index is 5.83. The molecule has 1 atom stereocenters. The third-order valence-corrected chi connectivity index (χ3v) is 3.85. The lowest BCUT2D eigenvalue weighted by Gasteiger charge is -2.33. The molecule has 0 unspecified atom stereocenters. The van der Waals surface area contributed by atoms with Gasteiger partial charge in [-0.05, 0) is 22.9 Å². The van der Waals surface area contributed by atoms with Crippen LogP contribution in [0.1, 0.15) is 18.9 Å². The molecule has 7 nitrogen and oxygen atoms in total. The first kappa shape index (κ1) is 13.4. The van der Waals surface area contributed by atoms with Gasteiger partial charge in [0.15, 0.2) is 5.82 Å². The van der Waals surface area contributed by atoms with Crippen molar-refractivity contribution in [2.24, 2.45) is 0 Å². The molecular formula is C12H15BrN6O. The minimum absolute atomic E-state index is 0.0898. The van der Waals surface area contributed by atoms with E-state index in [0.717, 1.165) is 29.2 Å². The van der Waals surface area contributed by atoms with E-state index in [1.807, 2.05) is 4.57 Å². The van der Waals surface area contributed by atoms with Crippen LogP contribution in [0.5, 0.6) is 0 Å². The van der Waals surface area contributed by atoms with Crippen LogP contribution in [0, 0.1) is 0 Å². The van der Waals surface area contributed by atoms with E-state index in [0.29, 0.717) is 13.2 Å². The molecule has 0 amide bonds. The molecule has 0 spiro atoms. The van der Waals surface area contributed by atoms with Crippen LogP contribution in [0.3, 0.4) is 0 Å². The fourth-order valence-electron chi connectivity index (χ4n) is 2.29. The first-order chi connectivity index (χ1) is 9.79. The van der Waals surface area contributed by atoms with Crippen LogP contribution in [0.25, 0.3) is 0 Å². The molecule has 2 aromatic rings. The molecule has 0 aliphatic carbocycles. The Morgan fingerprint density at radius 1 is 1.50 bits per heavy atom. The number of anilines is 1. The zero-order valence-electron chi connectivity index (χ0n) is 11.1. The number of aromatic nitrogens is 5. The Balaban J connectivity index is 1.82. The highest BCUT2D eigenvalue weighted by molar-refractivity contribution is 9.10. The van der Waals surface area contributed by atoms with Gasteiger partial charge in [0.25, 0.3) is 0 Å². The fraction of sp³-hybridized carbons (Fsp3) is 0.500. The number of morpholine rings is 1. The van der Waals surface area contributed by atoms with Gasteiger partial charge in [-0.15, -0.1) is 10.2 Å². The van der Waals surface area contributed by atoms with Gasteiger partial charge in [0.2, 0.25) is 0 Å². The van der Waals surface area contributed by atoms with Crippen molar-refractivity contribution in [1.82, 2.24) is 24.7 Å². The Morgan fingerprint density at radius 3 is 3.20 bits per heavy atom. The largest absolute Gasteiger partial charge is 0.366 e. The van der Waals surface area contributed by atoms with Crippen molar-refractivity contribution in [2.75, 3.05) is 24.6 Å². The lowest BCUT2D eigenvalue weighted by molar-refractivity contribution is 0.0313. The van der Waals surface area contributed by atoms with Crippen LogP contribution < -0.4 is 4.90 Å². The molecule has 1 aliphatic heterocycles. The highest BCUT2D eigenvalue weighted by Crippen LogP contribution is 2.28. The molecule has 0 saturated carbocycles. The normalized spacial score (nSPS) is 19.3. The van der Waals surface area contributed by atoms with Crippen molar-refractivity contribution >= 4 is 21.7 Å². The Hall–Kier alpha value is -1.54. The van der Waals surface area contributed by atoms with Gasteiger partial charge in [0.05, 0.1) is 17.6 Å². The SMILES string of the molecule is CCn1cnnc1[C@@H]1CN(c2ncncc2Br)CCO1. The minimum atomic E-state index is -0.0898. The van der Waals surface area contributed by atoms with Gasteiger partial charge < -0.3 is 14.2 Å². The number of rotatable bonds is 3. The summed E-state index contributed by atoms with van der Waals surface area (Å²) in [5.41, 5.74) is 0. The standard InChI is InChI=1S/C12H15BrN6O/c1-2-18-8-16-17-12(18)10-6-19(3-4-20-10)11-9(13)5-14-7-15-11/h5,7-8,10H,2-4,6H2,1H3/t10-/m0/s1. The monoisotopic (exact) mass is 338 g/mol. The molecule has 1 fully saturated rings. The molecule has 1 saturated heterocycles. The molecule has 8 heteroatoms. The quantitative estimate of drug-likeness (QED) is 0.843. The first-order valence-corrected chi connectivity index (χ1v) is 7.28. The number of aryl methyl sites for hydroxylation is 1. The maximum atomic E-state index is 5.83. The van der Waals surface area contributed by atoms with E-state index in [1.165, 1.54) is 0 Å². The number of hydrogen-bond acceptors (Lipinski definition) is 6. The number of ether oxygens (including phenoxy) is 1. The lowest BCUT2D eigenvalue weighted by Crippen LogP contribution is -2.40. The highest BCUT2D eigenvalue weighted by atomic mass is 79.9. The van der Waals surface area contributed by atoms with Gasteiger partial charge in [0.1, 0.15) is 24.6 Å². The molecule has 20 heavy (non-hydrogen) atoms. The van der Waals surface area contributed by atoms with E-state index in [-0.39, 0.29) is 6.10 Å². The maximum Gasteiger partial charge on any atom is 0.163 e. The van der Waals surface area contributed by atoms with Crippen LogP contribution in [0.2, 0.25) is 0 Å². The second kappa shape index (κ2) is 5.84.